The van der Waals surface area contributed by atoms with Crippen molar-refractivity contribution in [1.82, 2.24) is 5.43 Å². The molecule has 68 valence electrons. The number of hydrogen-bond acceptors (Lipinski definition) is 4. The van der Waals surface area contributed by atoms with Gasteiger partial charge < -0.3 is 9.47 Å². The van der Waals surface area contributed by atoms with Crippen molar-refractivity contribution in [2.45, 2.75) is 18.9 Å². The first-order chi connectivity index (χ1) is 5.77. The van der Waals surface area contributed by atoms with Crippen molar-refractivity contribution in [2.24, 2.45) is 11.3 Å². The zero-order valence-corrected chi connectivity index (χ0v) is 7.52. The van der Waals surface area contributed by atoms with Gasteiger partial charge in [0.1, 0.15) is 6.10 Å². The molecule has 5 heteroatoms. The van der Waals surface area contributed by atoms with Crippen molar-refractivity contribution < 1.29 is 9.47 Å². The highest BCUT2D eigenvalue weighted by atomic mass is 32.1. The van der Waals surface area contributed by atoms with E-state index in [2.05, 4.69) is 5.43 Å². The summed E-state index contributed by atoms with van der Waals surface area (Å²) in [5.74, 6) is 5.10. The van der Waals surface area contributed by atoms with E-state index >= 15 is 0 Å². The third-order valence-electron chi connectivity index (χ3n) is 2.73. The first-order valence-corrected chi connectivity index (χ1v) is 4.43. The Labute approximate surface area is 76.4 Å². The average molecular weight is 188 g/mol. The van der Waals surface area contributed by atoms with Crippen molar-refractivity contribution in [1.29, 1.82) is 0 Å². The van der Waals surface area contributed by atoms with Crippen LogP contribution in [0.4, 0.5) is 0 Å². The lowest BCUT2D eigenvalue weighted by Gasteiger charge is -2.53. The maximum Gasteiger partial charge on any atom is 0.271 e. The van der Waals surface area contributed by atoms with Gasteiger partial charge in [-0.15, -0.1) is 0 Å². The monoisotopic (exact) mass is 188 g/mol. The summed E-state index contributed by atoms with van der Waals surface area (Å²) in [4.78, 5) is 0. The Morgan fingerprint density at radius 1 is 1.67 bits per heavy atom. The van der Waals surface area contributed by atoms with Crippen LogP contribution in [0.15, 0.2) is 0 Å². The molecule has 1 aliphatic carbocycles. The Hall–Kier alpha value is -0.390. The Morgan fingerprint density at radius 2 is 2.42 bits per heavy atom. The fourth-order valence-corrected chi connectivity index (χ4v) is 1.83. The molecule has 1 aliphatic heterocycles. The molecule has 0 aromatic rings. The molecule has 2 fully saturated rings. The van der Waals surface area contributed by atoms with Crippen LogP contribution in [-0.4, -0.2) is 24.5 Å². The molecule has 1 saturated carbocycles. The number of nitrogens with one attached hydrogen (secondary N) is 1. The maximum absolute atomic E-state index is 5.41. The molecule has 3 N–H and O–H groups in total. The number of rotatable bonds is 1. The Bertz CT molecular complexity index is 200. The van der Waals surface area contributed by atoms with Crippen LogP contribution in [0.25, 0.3) is 0 Å². The third kappa shape index (κ3) is 1.09. The van der Waals surface area contributed by atoms with Gasteiger partial charge in [-0.25, -0.2) is 5.84 Å². The van der Waals surface area contributed by atoms with Gasteiger partial charge >= 0.3 is 0 Å². The van der Waals surface area contributed by atoms with E-state index in [-0.39, 0.29) is 16.7 Å². The molecule has 1 atom stereocenters. The third-order valence-corrected chi connectivity index (χ3v) is 2.95. The Morgan fingerprint density at radius 3 is 2.75 bits per heavy atom. The number of nitrogens with two attached hydrogens (primary N) is 1. The van der Waals surface area contributed by atoms with Gasteiger partial charge in [-0.2, -0.15) is 0 Å². The van der Waals surface area contributed by atoms with Crippen LogP contribution in [0, 0.1) is 5.41 Å². The summed E-state index contributed by atoms with van der Waals surface area (Å²) in [5, 5.41) is 0.283. The van der Waals surface area contributed by atoms with Gasteiger partial charge in [0.25, 0.3) is 5.17 Å². The topological polar surface area (TPSA) is 56.5 Å². The van der Waals surface area contributed by atoms with Crippen molar-refractivity contribution in [2.75, 3.05) is 13.2 Å². The summed E-state index contributed by atoms with van der Waals surface area (Å²) >= 11 is 4.81. The van der Waals surface area contributed by atoms with Crippen LogP contribution in [0.1, 0.15) is 12.8 Å². The zero-order chi connectivity index (χ0) is 8.60. The molecule has 0 bridgehead atoms. The second kappa shape index (κ2) is 2.83. The molecule has 1 spiro atoms. The summed E-state index contributed by atoms with van der Waals surface area (Å²) in [5.41, 5.74) is 2.58. The van der Waals surface area contributed by atoms with E-state index in [1.165, 1.54) is 6.42 Å². The predicted octanol–water partition coefficient (Wildman–Crippen LogP) is -0.0698. The van der Waals surface area contributed by atoms with Gasteiger partial charge in [0.05, 0.1) is 18.6 Å². The van der Waals surface area contributed by atoms with Crippen LogP contribution in [0.3, 0.4) is 0 Å². The zero-order valence-electron chi connectivity index (χ0n) is 6.71. The normalized spacial score (nSPS) is 30.2. The Balaban J connectivity index is 1.85. The molecule has 0 radical (unpaired) electrons. The minimum Gasteiger partial charge on any atom is -0.466 e. The summed E-state index contributed by atoms with van der Waals surface area (Å²) in [6, 6.07) is 0. The summed E-state index contributed by atoms with van der Waals surface area (Å²) in [6.07, 6.45) is 2.46. The van der Waals surface area contributed by atoms with Gasteiger partial charge in [0, 0.05) is 0 Å². The molecular weight excluding hydrogens is 176 g/mol. The summed E-state index contributed by atoms with van der Waals surface area (Å²) in [6.45, 7) is 1.62. The summed E-state index contributed by atoms with van der Waals surface area (Å²) in [7, 11) is 0. The van der Waals surface area contributed by atoms with Crippen LogP contribution < -0.4 is 11.3 Å². The van der Waals surface area contributed by atoms with Crippen molar-refractivity contribution in [3.8, 4) is 0 Å². The van der Waals surface area contributed by atoms with Gasteiger partial charge in [-0.1, -0.05) is 0 Å². The van der Waals surface area contributed by atoms with Crippen LogP contribution >= 0.6 is 12.2 Å². The molecule has 1 unspecified atom stereocenters. The van der Waals surface area contributed by atoms with Crippen LogP contribution in [0.5, 0.6) is 0 Å². The minimum atomic E-state index is 0.217. The molecule has 4 nitrogen and oxygen atoms in total. The summed E-state index contributed by atoms with van der Waals surface area (Å²) < 4.78 is 10.6. The smallest absolute Gasteiger partial charge is 0.271 e. The minimum absolute atomic E-state index is 0.217. The van der Waals surface area contributed by atoms with Crippen LogP contribution in [-0.2, 0) is 9.47 Å². The fourth-order valence-electron chi connectivity index (χ4n) is 1.71. The lowest BCUT2D eigenvalue weighted by molar-refractivity contribution is -0.216. The van der Waals surface area contributed by atoms with Crippen molar-refractivity contribution in [3.05, 3.63) is 0 Å². The van der Waals surface area contributed by atoms with Gasteiger partial charge in [0.15, 0.2) is 0 Å². The number of ether oxygens (including phenoxy) is 2. The molecule has 1 heterocycles. The van der Waals surface area contributed by atoms with E-state index in [1.54, 1.807) is 0 Å². The molecule has 0 aromatic heterocycles. The highest BCUT2D eigenvalue weighted by Crippen LogP contribution is 2.48. The molecule has 2 rings (SSSR count). The highest BCUT2D eigenvalue weighted by molar-refractivity contribution is 7.80. The lowest BCUT2D eigenvalue weighted by Crippen LogP contribution is -2.60. The van der Waals surface area contributed by atoms with Crippen molar-refractivity contribution in [3.63, 3.8) is 0 Å². The molecular formula is C7H12N2O2S. The molecule has 0 aromatic carbocycles. The van der Waals surface area contributed by atoms with Gasteiger partial charge in [-0.05, 0) is 25.1 Å². The van der Waals surface area contributed by atoms with Gasteiger partial charge in [-0.3, -0.25) is 5.43 Å². The van der Waals surface area contributed by atoms with E-state index in [4.69, 9.17) is 27.5 Å². The number of thiocarbonyl (C=S) groups is 1. The molecule has 12 heavy (non-hydrogen) atoms. The second-order valence-corrected chi connectivity index (χ2v) is 3.80. The quantitative estimate of drug-likeness (QED) is 0.343. The maximum atomic E-state index is 5.41. The SMILES string of the molecule is NNC(=S)OC1CCC12COC2. The predicted molar refractivity (Wildman–Crippen MR) is 47.3 cm³/mol. The number of hydrogen-bond donors (Lipinski definition) is 2. The van der Waals surface area contributed by atoms with Crippen molar-refractivity contribution >= 4 is 17.4 Å². The highest BCUT2D eigenvalue weighted by Gasteiger charge is 2.54. The van der Waals surface area contributed by atoms with E-state index in [1.807, 2.05) is 0 Å². The molecule has 2 aliphatic rings. The average Bonchev–Trinajstić information content (AvgIpc) is 1.94. The van der Waals surface area contributed by atoms with Crippen LogP contribution in [0.2, 0.25) is 0 Å². The lowest BCUT2D eigenvalue weighted by atomic mass is 9.64. The van der Waals surface area contributed by atoms with E-state index in [9.17, 15) is 0 Å². The number of hydrazine groups is 1. The van der Waals surface area contributed by atoms with E-state index in [0.29, 0.717) is 0 Å². The van der Waals surface area contributed by atoms with Gasteiger partial charge in [0.2, 0.25) is 0 Å². The van der Waals surface area contributed by atoms with E-state index < -0.39 is 0 Å². The Kier molecular flexibility index (Phi) is 1.94. The largest absolute Gasteiger partial charge is 0.466 e. The standard InChI is InChI=1S/C7H12N2O2S/c8-9-6(12)11-5-1-2-7(5)3-10-4-7/h5H,1-4,8H2,(H,9,12). The first kappa shape index (κ1) is 8.22. The molecule has 1 saturated heterocycles. The second-order valence-electron chi connectivity index (χ2n) is 3.43. The fraction of sp³-hybridized carbons (Fsp3) is 0.857. The molecule has 0 amide bonds. The first-order valence-electron chi connectivity index (χ1n) is 4.02. The van der Waals surface area contributed by atoms with E-state index in [0.717, 1.165) is 19.6 Å².